The lowest BCUT2D eigenvalue weighted by molar-refractivity contribution is -0.384. The molecule has 1 amide bonds. The maximum Gasteiger partial charge on any atom is 0.270 e. The van der Waals surface area contributed by atoms with Gasteiger partial charge in [-0.2, -0.15) is 4.98 Å². The molecule has 0 saturated carbocycles. The van der Waals surface area contributed by atoms with Crippen LogP contribution in [0.2, 0.25) is 0 Å². The van der Waals surface area contributed by atoms with Crippen LogP contribution in [0.1, 0.15) is 18.5 Å². The molecule has 36 heavy (non-hydrogen) atoms. The highest BCUT2D eigenvalue weighted by atomic mass is 16.6. The third-order valence-corrected chi connectivity index (χ3v) is 5.77. The molecule has 3 heterocycles. The van der Waals surface area contributed by atoms with Gasteiger partial charge in [0.1, 0.15) is 11.8 Å². The van der Waals surface area contributed by atoms with Crippen molar-refractivity contribution in [3.05, 3.63) is 100 Å². The lowest BCUT2D eigenvalue weighted by Gasteiger charge is -2.29. The highest BCUT2D eigenvalue weighted by molar-refractivity contribution is 6.06. The predicted molar refractivity (Wildman–Crippen MR) is 132 cm³/mol. The highest BCUT2D eigenvalue weighted by Crippen LogP contribution is 2.40. The van der Waals surface area contributed by atoms with Crippen LogP contribution in [0.4, 0.5) is 17.3 Å². The topological polar surface area (TPSA) is 137 Å². The third-order valence-electron chi connectivity index (χ3n) is 5.77. The van der Waals surface area contributed by atoms with E-state index in [9.17, 15) is 14.9 Å². The van der Waals surface area contributed by atoms with Gasteiger partial charge >= 0.3 is 0 Å². The monoisotopic (exact) mass is 483 g/mol. The smallest absolute Gasteiger partial charge is 0.270 e. The molecular weight excluding hydrogens is 462 g/mol. The molecule has 1 atom stereocenters. The van der Waals surface area contributed by atoms with Crippen molar-refractivity contribution in [2.45, 2.75) is 13.0 Å². The summed E-state index contributed by atoms with van der Waals surface area (Å²) in [5.41, 5.74) is 2.65. The SMILES string of the molecule is COc1ccccc1C1C(C(=O)Nc2cccnc2)=C(C)Nc2nc(-c3cccc([N+](=O)[O-])c3)nn21. The average Bonchev–Trinajstić information content (AvgIpc) is 3.32. The van der Waals surface area contributed by atoms with Crippen molar-refractivity contribution in [3.8, 4) is 17.1 Å². The quantitative estimate of drug-likeness (QED) is 0.308. The number of pyridine rings is 1. The van der Waals surface area contributed by atoms with Crippen LogP contribution in [-0.4, -0.2) is 37.7 Å². The Morgan fingerprint density at radius 1 is 1.17 bits per heavy atom. The Hall–Kier alpha value is -5.06. The van der Waals surface area contributed by atoms with Crippen molar-refractivity contribution in [2.75, 3.05) is 17.7 Å². The number of hydrogen-bond acceptors (Lipinski definition) is 8. The molecule has 0 bridgehead atoms. The summed E-state index contributed by atoms with van der Waals surface area (Å²) in [7, 11) is 1.56. The second kappa shape index (κ2) is 9.29. The molecule has 2 N–H and O–H groups in total. The summed E-state index contributed by atoms with van der Waals surface area (Å²) < 4.78 is 7.20. The molecule has 0 fully saturated rings. The van der Waals surface area contributed by atoms with Gasteiger partial charge in [-0.05, 0) is 25.1 Å². The number of amides is 1. The van der Waals surface area contributed by atoms with E-state index < -0.39 is 11.0 Å². The van der Waals surface area contributed by atoms with Crippen molar-refractivity contribution >= 4 is 23.2 Å². The van der Waals surface area contributed by atoms with Gasteiger partial charge in [-0.3, -0.25) is 19.9 Å². The lowest BCUT2D eigenvalue weighted by Crippen LogP contribution is -2.31. The molecule has 2 aromatic heterocycles. The standard InChI is InChI=1S/C25H21N7O4/c1-15-21(24(33)28-17-8-6-12-26-14-17)22(19-10-3-4-11-20(19)36-2)31-25(27-15)29-23(30-31)16-7-5-9-18(13-16)32(34)35/h3-14,22H,1-2H3,(H,28,33)(H,27,29,30). The first-order valence-corrected chi connectivity index (χ1v) is 11.0. The van der Waals surface area contributed by atoms with Gasteiger partial charge in [0, 0.05) is 35.2 Å². The third kappa shape index (κ3) is 4.13. The first-order chi connectivity index (χ1) is 17.5. The number of nitro groups is 1. The summed E-state index contributed by atoms with van der Waals surface area (Å²) in [6.07, 6.45) is 3.18. The molecule has 0 aliphatic carbocycles. The Labute approximate surface area is 205 Å². The van der Waals surface area contributed by atoms with E-state index in [0.29, 0.717) is 39.8 Å². The van der Waals surface area contributed by atoms with E-state index >= 15 is 0 Å². The summed E-state index contributed by atoms with van der Waals surface area (Å²) in [6.45, 7) is 1.78. The molecule has 0 spiro atoms. The minimum absolute atomic E-state index is 0.0691. The number of nitro benzene ring substituents is 1. The van der Waals surface area contributed by atoms with Gasteiger partial charge in [0.05, 0.1) is 29.5 Å². The fourth-order valence-corrected chi connectivity index (χ4v) is 4.14. The molecule has 5 rings (SSSR count). The number of rotatable bonds is 6. The first kappa shape index (κ1) is 22.7. The summed E-state index contributed by atoms with van der Waals surface area (Å²) >= 11 is 0. The van der Waals surface area contributed by atoms with Crippen LogP contribution >= 0.6 is 0 Å². The van der Waals surface area contributed by atoms with Crippen LogP contribution in [0.3, 0.4) is 0 Å². The number of allylic oxidation sites excluding steroid dienone is 1. The van der Waals surface area contributed by atoms with Crippen molar-refractivity contribution in [3.63, 3.8) is 0 Å². The Kier molecular flexibility index (Phi) is 5.87. The number of para-hydroxylation sites is 1. The zero-order valence-electron chi connectivity index (χ0n) is 19.4. The van der Waals surface area contributed by atoms with Crippen molar-refractivity contribution in [2.24, 2.45) is 0 Å². The number of aromatic nitrogens is 4. The Bertz CT molecular complexity index is 1500. The second-order valence-electron chi connectivity index (χ2n) is 8.02. The van der Waals surface area contributed by atoms with E-state index in [1.54, 1.807) is 61.4 Å². The summed E-state index contributed by atoms with van der Waals surface area (Å²) in [5, 5.41) is 22.0. The van der Waals surface area contributed by atoms with Crippen molar-refractivity contribution in [1.82, 2.24) is 19.7 Å². The van der Waals surface area contributed by atoms with Crippen molar-refractivity contribution in [1.29, 1.82) is 0 Å². The van der Waals surface area contributed by atoms with E-state index in [2.05, 4.69) is 25.7 Å². The van der Waals surface area contributed by atoms with Gasteiger partial charge in [0.2, 0.25) is 5.95 Å². The molecule has 11 nitrogen and oxygen atoms in total. The molecular formula is C25H21N7O4. The molecule has 1 aliphatic heterocycles. The number of non-ortho nitro benzene ring substituents is 1. The fourth-order valence-electron chi connectivity index (χ4n) is 4.14. The molecule has 1 aliphatic rings. The summed E-state index contributed by atoms with van der Waals surface area (Å²) in [5.74, 6) is 0.898. The van der Waals surface area contributed by atoms with E-state index in [1.807, 2.05) is 18.2 Å². The van der Waals surface area contributed by atoms with Crippen LogP contribution in [0.5, 0.6) is 5.75 Å². The van der Waals surface area contributed by atoms with Gasteiger partial charge in [-0.25, -0.2) is 4.68 Å². The van der Waals surface area contributed by atoms with Gasteiger partial charge in [0.15, 0.2) is 5.82 Å². The molecule has 0 saturated heterocycles. The number of carbonyl (C=O) groups excluding carboxylic acids is 1. The van der Waals surface area contributed by atoms with Gasteiger partial charge < -0.3 is 15.4 Å². The number of nitrogens with one attached hydrogen (secondary N) is 2. The van der Waals surface area contributed by atoms with E-state index in [1.165, 1.54) is 12.1 Å². The number of carbonyl (C=O) groups is 1. The molecule has 180 valence electrons. The Morgan fingerprint density at radius 2 is 2.00 bits per heavy atom. The van der Waals surface area contributed by atoms with E-state index in [0.717, 1.165) is 0 Å². The highest BCUT2D eigenvalue weighted by Gasteiger charge is 2.36. The summed E-state index contributed by atoms with van der Waals surface area (Å²) in [6, 6.07) is 16.2. The molecule has 2 aromatic carbocycles. The minimum atomic E-state index is -0.686. The Balaban J connectivity index is 1.64. The van der Waals surface area contributed by atoms with Crippen LogP contribution < -0.4 is 15.4 Å². The summed E-state index contributed by atoms with van der Waals surface area (Å²) in [4.78, 5) is 33.0. The van der Waals surface area contributed by atoms with Crippen LogP contribution in [0.15, 0.2) is 84.3 Å². The maximum absolute atomic E-state index is 13.6. The van der Waals surface area contributed by atoms with E-state index in [-0.39, 0.29) is 17.4 Å². The van der Waals surface area contributed by atoms with Gasteiger partial charge in [-0.1, -0.05) is 30.3 Å². The molecule has 1 unspecified atom stereocenters. The number of benzene rings is 2. The second-order valence-corrected chi connectivity index (χ2v) is 8.02. The van der Waals surface area contributed by atoms with Crippen molar-refractivity contribution < 1.29 is 14.5 Å². The maximum atomic E-state index is 13.6. The number of methoxy groups -OCH3 is 1. The largest absolute Gasteiger partial charge is 0.496 e. The number of fused-ring (bicyclic) bond motifs is 1. The first-order valence-electron chi connectivity index (χ1n) is 11.0. The number of hydrogen-bond donors (Lipinski definition) is 2. The normalized spacial score (nSPS) is 14.6. The number of nitrogens with zero attached hydrogens (tertiary/aromatic N) is 5. The Morgan fingerprint density at radius 3 is 2.75 bits per heavy atom. The molecule has 0 radical (unpaired) electrons. The lowest BCUT2D eigenvalue weighted by atomic mass is 9.94. The zero-order chi connectivity index (χ0) is 25.2. The fraction of sp³-hybridized carbons (Fsp3) is 0.120. The van der Waals surface area contributed by atoms with E-state index in [4.69, 9.17) is 4.74 Å². The minimum Gasteiger partial charge on any atom is -0.496 e. The average molecular weight is 483 g/mol. The predicted octanol–water partition coefficient (Wildman–Crippen LogP) is 4.18. The number of anilines is 2. The zero-order valence-corrected chi connectivity index (χ0v) is 19.4. The molecule has 4 aromatic rings. The van der Waals surface area contributed by atoms with Gasteiger partial charge in [-0.15, -0.1) is 5.10 Å². The number of ether oxygens (including phenoxy) is 1. The molecule has 11 heteroatoms. The van der Waals surface area contributed by atoms with Crippen LogP contribution in [0.25, 0.3) is 11.4 Å². The van der Waals surface area contributed by atoms with Gasteiger partial charge in [0.25, 0.3) is 11.6 Å². The van der Waals surface area contributed by atoms with Crippen LogP contribution in [0, 0.1) is 10.1 Å². The van der Waals surface area contributed by atoms with Crippen LogP contribution in [-0.2, 0) is 4.79 Å².